The van der Waals surface area contributed by atoms with Gasteiger partial charge < -0.3 is 5.73 Å². The van der Waals surface area contributed by atoms with E-state index in [1.54, 1.807) is 24.4 Å². The zero-order valence-corrected chi connectivity index (χ0v) is 8.46. The van der Waals surface area contributed by atoms with Crippen LogP contribution in [0, 0.1) is 0 Å². The molecule has 2 aromatic rings. The van der Waals surface area contributed by atoms with Gasteiger partial charge >= 0.3 is 0 Å². The van der Waals surface area contributed by atoms with Crippen molar-refractivity contribution in [1.82, 2.24) is 4.98 Å². The van der Waals surface area contributed by atoms with Gasteiger partial charge in [0.05, 0.1) is 16.2 Å². The van der Waals surface area contributed by atoms with Crippen LogP contribution in [0.4, 0.5) is 10.2 Å². The first-order valence-corrected chi connectivity index (χ1v) is 4.67. The summed E-state index contributed by atoms with van der Waals surface area (Å²) in [6, 6.07) is 5.15. The largest absolute Gasteiger partial charge is 0.397 e. The first kappa shape index (κ1) is 10.1. The Labute approximate surface area is 90.5 Å². The summed E-state index contributed by atoms with van der Waals surface area (Å²) in [6.45, 7) is -0.224. The van der Waals surface area contributed by atoms with Crippen molar-refractivity contribution in [3.8, 4) is 0 Å². The molecule has 1 aromatic carbocycles. The molecule has 2 rings (SSSR count). The van der Waals surface area contributed by atoms with E-state index < -0.39 is 0 Å². The zero-order chi connectivity index (χ0) is 10.8. The number of anilines is 1. The van der Waals surface area contributed by atoms with Gasteiger partial charge in [-0.05, 0) is 22.7 Å². The minimum absolute atomic E-state index is 0.224. The Bertz CT molecular complexity index is 504. The molecule has 0 fully saturated rings. The van der Waals surface area contributed by atoms with Crippen molar-refractivity contribution in [3.63, 3.8) is 0 Å². The zero-order valence-electron chi connectivity index (χ0n) is 7.71. The number of hydrogen-bond acceptors (Lipinski definition) is 3. The van der Waals surface area contributed by atoms with E-state index in [2.05, 4.69) is 9.93 Å². The lowest BCUT2D eigenvalue weighted by molar-refractivity contribution is -0.143. The lowest BCUT2D eigenvalue weighted by atomic mass is 10.1. The highest BCUT2D eigenvalue weighted by Gasteiger charge is 2.09. The Morgan fingerprint density at radius 2 is 2.33 bits per heavy atom. The molecule has 0 amide bonds. The van der Waals surface area contributed by atoms with Crippen LogP contribution in [0.3, 0.4) is 0 Å². The molecule has 0 saturated carbocycles. The van der Waals surface area contributed by atoms with Crippen molar-refractivity contribution in [2.24, 2.45) is 0 Å². The molecule has 0 radical (unpaired) electrons. The van der Waals surface area contributed by atoms with Gasteiger partial charge in [-0.1, -0.05) is 11.6 Å². The number of benzene rings is 1. The van der Waals surface area contributed by atoms with Gasteiger partial charge in [-0.25, -0.2) is 0 Å². The Hall–Kier alpha value is -1.39. The fraction of sp³-hybridized carbons (Fsp3) is 0.100. The molecule has 2 N–H and O–H groups in total. The van der Waals surface area contributed by atoms with Crippen LogP contribution in [0.25, 0.3) is 10.9 Å². The van der Waals surface area contributed by atoms with Crippen LogP contribution in [0.2, 0.25) is 5.02 Å². The number of pyridine rings is 1. The van der Waals surface area contributed by atoms with Gasteiger partial charge in [0.2, 0.25) is 0 Å². The van der Waals surface area contributed by atoms with Crippen LogP contribution in [-0.2, 0) is 11.5 Å². The van der Waals surface area contributed by atoms with Gasteiger partial charge in [0.15, 0.2) is 0 Å². The maximum atomic E-state index is 11.8. The summed E-state index contributed by atoms with van der Waals surface area (Å²) in [5.41, 5.74) is 7.26. The Balaban J connectivity index is 2.72. The van der Waals surface area contributed by atoms with Gasteiger partial charge in [0.25, 0.3) is 0 Å². The number of rotatable bonds is 2. The summed E-state index contributed by atoms with van der Waals surface area (Å²) < 4.78 is 11.8. The molecule has 78 valence electrons. The molecular formula is C10H8ClFN2O. The van der Waals surface area contributed by atoms with E-state index in [0.717, 1.165) is 5.39 Å². The smallest absolute Gasteiger partial charge is 0.115 e. The highest BCUT2D eigenvalue weighted by Crippen LogP contribution is 2.30. The number of aromatic nitrogens is 1. The van der Waals surface area contributed by atoms with E-state index >= 15 is 0 Å². The van der Waals surface area contributed by atoms with Gasteiger partial charge in [-0.15, -0.1) is 0 Å². The molecule has 1 heterocycles. The van der Waals surface area contributed by atoms with Crippen LogP contribution >= 0.6 is 11.6 Å². The second-order valence-electron chi connectivity index (χ2n) is 3.08. The first-order valence-electron chi connectivity index (χ1n) is 4.29. The Morgan fingerprint density at radius 1 is 1.53 bits per heavy atom. The second kappa shape index (κ2) is 4.00. The topological polar surface area (TPSA) is 48.1 Å². The minimum atomic E-state index is -0.224. The number of fused-ring (bicyclic) bond motifs is 1. The van der Waals surface area contributed by atoms with E-state index in [9.17, 15) is 4.53 Å². The first-order chi connectivity index (χ1) is 7.24. The quantitative estimate of drug-likeness (QED) is 0.801. The average Bonchev–Trinajstić information content (AvgIpc) is 2.26. The van der Waals surface area contributed by atoms with Crippen molar-refractivity contribution >= 4 is 28.2 Å². The average molecular weight is 227 g/mol. The molecule has 0 aliphatic rings. The predicted octanol–water partition coefficient (Wildman–Crippen LogP) is 2.87. The molecule has 0 saturated heterocycles. The predicted molar refractivity (Wildman–Crippen MR) is 57.1 cm³/mol. The van der Waals surface area contributed by atoms with Crippen molar-refractivity contribution in [2.75, 3.05) is 5.73 Å². The molecule has 0 unspecified atom stereocenters. The van der Waals surface area contributed by atoms with Crippen molar-refractivity contribution in [3.05, 3.63) is 35.0 Å². The van der Waals surface area contributed by atoms with Crippen LogP contribution in [0.15, 0.2) is 24.4 Å². The summed E-state index contributed by atoms with van der Waals surface area (Å²) in [7, 11) is 0. The minimum Gasteiger partial charge on any atom is -0.397 e. The fourth-order valence-electron chi connectivity index (χ4n) is 1.45. The normalized spacial score (nSPS) is 10.8. The third-order valence-electron chi connectivity index (χ3n) is 2.18. The van der Waals surface area contributed by atoms with E-state index in [1.807, 2.05) is 0 Å². The van der Waals surface area contributed by atoms with Crippen LogP contribution in [-0.4, -0.2) is 4.98 Å². The molecule has 0 aliphatic carbocycles. The number of hydrogen-bond donors (Lipinski definition) is 1. The maximum Gasteiger partial charge on any atom is 0.115 e. The summed E-state index contributed by atoms with van der Waals surface area (Å²) >= 11 is 6.00. The molecule has 5 heteroatoms. The van der Waals surface area contributed by atoms with Crippen molar-refractivity contribution in [1.29, 1.82) is 0 Å². The van der Waals surface area contributed by atoms with E-state index in [1.165, 1.54) is 0 Å². The second-order valence-corrected chi connectivity index (χ2v) is 3.49. The van der Waals surface area contributed by atoms with E-state index in [0.29, 0.717) is 21.8 Å². The summed E-state index contributed by atoms with van der Waals surface area (Å²) in [4.78, 5) is 7.64. The van der Waals surface area contributed by atoms with E-state index in [4.69, 9.17) is 17.3 Å². The highest BCUT2D eigenvalue weighted by molar-refractivity contribution is 6.36. The lowest BCUT2D eigenvalue weighted by Gasteiger charge is -2.07. The van der Waals surface area contributed by atoms with Gasteiger partial charge in [0.1, 0.15) is 6.61 Å². The molecule has 0 spiro atoms. The summed E-state index contributed by atoms with van der Waals surface area (Å²) in [5, 5.41) is 1.23. The molecular weight excluding hydrogens is 219 g/mol. The number of nitrogens with zero attached hydrogens (tertiary/aromatic N) is 1. The molecule has 15 heavy (non-hydrogen) atoms. The number of nitrogen functional groups attached to an aromatic ring is 1. The number of nitrogens with two attached hydrogens (primary N) is 1. The highest BCUT2D eigenvalue weighted by atomic mass is 35.5. The van der Waals surface area contributed by atoms with Gasteiger partial charge in [0, 0.05) is 17.1 Å². The maximum absolute atomic E-state index is 11.8. The third-order valence-corrected chi connectivity index (χ3v) is 2.49. The fourth-order valence-corrected chi connectivity index (χ4v) is 1.74. The third kappa shape index (κ3) is 1.73. The molecule has 1 aromatic heterocycles. The van der Waals surface area contributed by atoms with Crippen LogP contribution in [0.5, 0.6) is 0 Å². The van der Waals surface area contributed by atoms with Crippen LogP contribution < -0.4 is 5.73 Å². The van der Waals surface area contributed by atoms with Crippen molar-refractivity contribution < 1.29 is 9.47 Å². The van der Waals surface area contributed by atoms with Gasteiger partial charge in [-0.2, -0.15) is 4.94 Å². The monoisotopic (exact) mass is 226 g/mol. The Morgan fingerprint density at radius 3 is 3.07 bits per heavy atom. The van der Waals surface area contributed by atoms with Crippen LogP contribution in [0.1, 0.15) is 5.56 Å². The molecule has 3 nitrogen and oxygen atoms in total. The summed E-state index contributed by atoms with van der Waals surface area (Å²) in [5.74, 6) is 0. The SMILES string of the molecule is Nc1c(COF)cc(Cl)c2cccnc12. The standard InChI is InChI=1S/C10H8ClFN2O/c11-8-4-6(5-15-12)9(13)10-7(8)2-1-3-14-10/h1-4H,5,13H2. The van der Waals surface area contributed by atoms with Gasteiger partial charge in [-0.3, -0.25) is 4.98 Å². The van der Waals surface area contributed by atoms with E-state index in [-0.39, 0.29) is 6.61 Å². The van der Waals surface area contributed by atoms with Crippen molar-refractivity contribution in [2.45, 2.75) is 6.61 Å². The number of halogens is 2. The molecule has 0 aliphatic heterocycles. The molecule has 0 atom stereocenters. The lowest BCUT2D eigenvalue weighted by Crippen LogP contribution is -1.98. The Kier molecular flexibility index (Phi) is 2.70. The molecule has 0 bridgehead atoms. The summed E-state index contributed by atoms with van der Waals surface area (Å²) in [6.07, 6.45) is 1.61.